The molecule has 0 saturated heterocycles. The van der Waals surface area contributed by atoms with Crippen LogP contribution in [-0.2, 0) is 0 Å². The molecule has 0 spiro atoms. The van der Waals surface area contributed by atoms with Crippen LogP contribution in [0, 0.1) is 5.92 Å². The van der Waals surface area contributed by atoms with Crippen molar-refractivity contribution in [2.75, 3.05) is 0 Å². The Morgan fingerprint density at radius 1 is 1.25 bits per heavy atom. The van der Waals surface area contributed by atoms with Crippen molar-refractivity contribution in [1.82, 2.24) is 19.9 Å². The highest BCUT2D eigenvalue weighted by Gasteiger charge is 2.23. The van der Waals surface area contributed by atoms with E-state index in [1.807, 2.05) is 24.4 Å². The third-order valence-corrected chi connectivity index (χ3v) is 4.64. The smallest absolute Gasteiger partial charge is 0.160 e. The summed E-state index contributed by atoms with van der Waals surface area (Å²) in [7, 11) is 0. The molecule has 2 aromatic heterocycles. The van der Waals surface area contributed by atoms with Gasteiger partial charge in [-0.05, 0) is 50.7 Å². The van der Waals surface area contributed by atoms with E-state index >= 15 is 0 Å². The first-order valence-corrected chi connectivity index (χ1v) is 7.83. The molecule has 0 radical (unpaired) electrons. The van der Waals surface area contributed by atoms with Gasteiger partial charge in [0.25, 0.3) is 0 Å². The molecular formula is C16H24N4. The van der Waals surface area contributed by atoms with Crippen LogP contribution in [0.4, 0.5) is 0 Å². The summed E-state index contributed by atoms with van der Waals surface area (Å²) in [5, 5.41) is 12.3. The largest absolute Gasteiger partial charge is 0.305 e. The standard InChI is InChI=1S/C16H24N4/c1-3-13-7-9-14(10-8-13)17-12(2)16-19-18-15-6-4-5-11-20(15)16/h4-6,11-14,17H,3,7-10H2,1-2H3. The first-order chi connectivity index (χ1) is 9.78. The Balaban J connectivity index is 1.66. The second-order valence-corrected chi connectivity index (χ2v) is 6.00. The molecule has 2 aromatic rings. The van der Waals surface area contributed by atoms with Gasteiger partial charge in [0.1, 0.15) is 0 Å². The molecule has 4 nitrogen and oxygen atoms in total. The maximum Gasteiger partial charge on any atom is 0.160 e. The third kappa shape index (κ3) is 2.70. The van der Waals surface area contributed by atoms with E-state index in [2.05, 4.69) is 33.8 Å². The van der Waals surface area contributed by atoms with Gasteiger partial charge < -0.3 is 5.32 Å². The van der Waals surface area contributed by atoms with E-state index < -0.39 is 0 Å². The number of nitrogens with one attached hydrogen (secondary N) is 1. The third-order valence-electron chi connectivity index (χ3n) is 4.64. The number of hydrogen-bond acceptors (Lipinski definition) is 3. The van der Waals surface area contributed by atoms with Crippen molar-refractivity contribution >= 4 is 5.65 Å². The molecule has 2 heterocycles. The Labute approximate surface area is 120 Å². The van der Waals surface area contributed by atoms with Crippen LogP contribution >= 0.6 is 0 Å². The molecule has 3 rings (SSSR count). The predicted octanol–water partition coefficient (Wildman–Crippen LogP) is 3.35. The van der Waals surface area contributed by atoms with E-state index in [1.54, 1.807) is 0 Å². The minimum absolute atomic E-state index is 0.246. The van der Waals surface area contributed by atoms with Crippen LogP contribution in [0.3, 0.4) is 0 Å². The average molecular weight is 272 g/mol. The number of aromatic nitrogens is 3. The fourth-order valence-electron chi connectivity index (χ4n) is 3.32. The molecule has 0 aromatic carbocycles. The summed E-state index contributed by atoms with van der Waals surface area (Å²) in [5.41, 5.74) is 0.922. The SMILES string of the molecule is CCC1CCC(NC(C)c2nnc3ccccn23)CC1. The Kier molecular flexibility index (Phi) is 4.01. The monoisotopic (exact) mass is 272 g/mol. The first-order valence-electron chi connectivity index (χ1n) is 7.83. The Morgan fingerprint density at radius 2 is 2.05 bits per heavy atom. The van der Waals surface area contributed by atoms with Crippen molar-refractivity contribution in [3.8, 4) is 0 Å². The average Bonchev–Trinajstić information content (AvgIpc) is 2.92. The van der Waals surface area contributed by atoms with Crippen LogP contribution < -0.4 is 5.32 Å². The maximum atomic E-state index is 4.34. The molecule has 1 aliphatic carbocycles. The van der Waals surface area contributed by atoms with Crippen LogP contribution in [0.2, 0.25) is 0 Å². The van der Waals surface area contributed by atoms with Crippen LogP contribution in [0.5, 0.6) is 0 Å². The summed E-state index contributed by atoms with van der Waals surface area (Å²) in [5.74, 6) is 1.95. The molecule has 1 N–H and O–H groups in total. The van der Waals surface area contributed by atoms with Crippen LogP contribution in [0.15, 0.2) is 24.4 Å². The molecule has 20 heavy (non-hydrogen) atoms. The Bertz CT molecular complexity index is 554. The number of hydrogen-bond donors (Lipinski definition) is 1. The Hall–Kier alpha value is -1.42. The van der Waals surface area contributed by atoms with E-state index in [4.69, 9.17) is 0 Å². The summed E-state index contributed by atoms with van der Waals surface area (Å²) in [4.78, 5) is 0. The summed E-state index contributed by atoms with van der Waals surface area (Å²) < 4.78 is 2.08. The zero-order chi connectivity index (χ0) is 13.9. The van der Waals surface area contributed by atoms with Gasteiger partial charge in [-0.25, -0.2) is 0 Å². The normalized spacial score (nSPS) is 24.9. The molecule has 4 heteroatoms. The molecule has 0 aliphatic heterocycles. The van der Waals surface area contributed by atoms with E-state index in [0.29, 0.717) is 6.04 Å². The summed E-state index contributed by atoms with van der Waals surface area (Å²) in [6.45, 7) is 4.50. The molecule has 1 fully saturated rings. The molecule has 1 unspecified atom stereocenters. The van der Waals surface area contributed by atoms with Crippen molar-refractivity contribution < 1.29 is 0 Å². The van der Waals surface area contributed by atoms with Crippen LogP contribution in [0.25, 0.3) is 5.65 Å². The summed E-state index contributed by atoms with van der Waals surface area (Å²) in [6.07, 6.45) is 8.68. The van der Waals surface area contributed by atoms with Gasteiger partial charge in [-0.1, -0.05) is 19.4 Å². The van der Waals surface area contributed by atoms with Gasteiger partial charge in [0.05, 0.1) is 6.04 Å². The lowest BCUT2D eigenvalue weighted by Gasteiger charge is -2.30. The van der Waals surface area contributed by atoms with Gasteiger partial charge in [0.15, 0.2) is 11.5 Å². The lowest BCUT2D eigenvalue weighted by Crippen LogP contribution is -2.35. The van der Waals surface area contributed by atoms with Gasteiger partial charge in [-0.3, -0.25) is 4.40 Å². The second kappa shape index (κ2) is 5.92. The fourth-order valence-corrected chi connectivity index (χ4v) is 3.32. The molecule has 1 saturated carbocycles. The molecule has 1 aliphatic rings. The highest BCUT2D eigenvalue weighted by Crippen LogP contribution is 2.27. The Morgan fingerprint density at radius 3 is 2.80 bits per heavy atom. The number of nitrogens with zero attached hydrogens (tertiary/aromatic N) is 3. The second-order valence-electron chi connectivity index (χ2n) is 6.00. The quantitative estimate of drug-likeness (QED) is 0.928. The minimum Gasteiger partial charge on any atom is -0.305 e. The highest BCUT2D eigenvalue weighted by atomic mass is 15.3. The van der Waals surface area contributed by atoms with Gasteiger partial charge in [0.2, 0.25) is 0 Å². The van der Waals surface area contributed by atoms with E-state index in [0.717, 1.165) is 17.4 Å². The molecular weight excluding hydrogens is 248 g/mol. The topological polar surface area (TPSA) is 42.2 Å². The van der Waals surface area contributed by atoms with Crippen molar-refractivity contribution in [2.24, 2.45) is 5.92 Å². The highest BCUT2D eigenvalue weighted by molar-refractivity contribution is 5.37. The maximum absolute atomic E-state index is 4.34. The number of pyridine rings is 1. The fraction of sp³-hybridized carbons (Fsp3) is 0.625. The number of rotatable bonds is 4. The lowest BCUT2D eigenvalue weighted by atomic mass is 9.84. The zero-order valence-corrected chi connectivity index (χ0v) is 12.4. The molecule has 0 amide bonds. The predicted molar refractivity (Wildman–Crippen MR) is 80.6 cm³/mol. The van der Waals surface area contributed by atoms with E-state index in [9.17, 15) is 0 Å². The first kappa shape index (κ1) is 13.6. The summed E-state index contributed by atoms with van der Waals surface area (Å²) in [6, 6.07) is 6.89. The van der Waals surface area contributed by atoms with Gasteiger partial charge in [0, 0.05) is 12.2 Å². The van der Waals surface area contributed by atoms with E-state index in [1.165, 1.54) is 32.1 Å². The van der Waals surface area contributed by atoms with E-state index in [-0.39, 0.29) is 6.04 Å². The van der Waals surface area contributed by atoms with Crippen molar-refractivity contribution in [3.63, 3.8) is 0 Å². The van der Waals surface area contributed by atoms with Crippen LogP contribution in [-0.4, -0.2) is 20.6 Å². The van der Waals surface area contributed by atoms with Gasteiger partial charge in [-0.2, -0.15) is 0 Å². The summed E-state index contributed by atoms with van der Waals surface area (Å²) >= 11 is 0. The van der Waals surface area contributed by atoms with Gasteiger partial charge in [-0.15, -0.1) is 10.2 Å². The van der Waals surface area contributed by atoms with Gasteiger partial charge >= 0.3 is 0 Å². The van der Waals surface area contributed by atoms with Crippen LogP contribution in [0.1, 0.15) is 57.8 Å². The number of fused-ring (bicyclic) bond motifs is 1. The zero-order valence-electron chi connectivity index (χ0n) is 12.4. The van der Waals surface area contributed by atoms with Crippen molar-refractivity contribution in [3.05, 3.63) is 30.2 Å². The van der Waals surface area contributed by atoms with Crippen molar-refractivity contribution in [2.45, 2.75) is 58.0 Å². The molecule has 1 atom stereocenters. The molecule has 108 valence electrons. The van der Waals surface area contributed by atoms with Crippen molar-refractivity contribution in [1.29, 1.82) is 0 Å². The lowest BCUT2D eigenvalue weighted by molar-refractivity contribution is 0.270. The molecule has 0 bridgehead atoms. The minimum atomic E-state index is 0.246.